The van der Waals surface area contributed by atoms with Crippen molar-refractivity contribution in [2.75, 3.05) is 27.2 Å². The molecule has 0 bridgehead atoms. The highest BCUT2D eigenvalue weighted by Gasteiger charge is 2.26. The summed E-state index contributed by atoms with van der Waals surface area (Å²) in [5.41, 5.74) is 1.92. The molecule has 3 rings (SSSR count). The number of rotatable bonds is 4. The van der Waals surface area contributed by atoms with Gasteiger partial charge in [0.2, 0.25) is 5.91 Å². The van der Waals surface area contributed by atoms with E-state index in [0.29, 0.717) is 32.2 Å². The predicted molar refractivity (Wildman–Crippen MR) is 87.4 cm³/mol. The average Bonchev–Trinajstić information content (AvgIpc) is 2.87. The molecule has 0 spiro atoms. The molecule has 24 heavy (non-hydrogen) atoms. The Balaban J connectivity index is 1.77. The number of aryl methyl sites for hydroxylation is 1. The highest BCUT2D eigenvalue weighted by atomic mass is 16.5. The summed E-state index contributed by atoms with van der Waals surface area (Å²) in [5, 5.41) is 4.35. The van der Waals surface area contributed by atoms with Crippen molar-refractivity contribution in [2.24, 2.45) is 0 Å². The Kier molecular flexibility index (Phi) is 4.75. The third kappa shape index (κ3) is 3.88. The minimum atomic E-state index is -0.178. The van der Waals surface area contributed by atoms with E-state index in [1.807, 2.05) is 23.7 Å². The van der Waals surface area contributed by atoms with E-state index in [9.17, 15) is 4.79 Å². The van der Waals surface area contributed by atoms with Crippen LogP contribution in [0.4, 0.5) is 0 Å². The lowest BCUT2D eigenvalue weighted by Gasteiger charge is -2.24. The van der Waals surface area contributed by atoms with Gasteiger partial charge in [-0.2, -0.15) is 5.10 Å². The topological polar surface area (TPSA) is 76.4 Å². The molecule has 1 aliphatic rings. The number of carbonyl (C=O) groups is 1. The zero-order valence-electron chi connectivity index (χ0n) is 14.2. The molecule has 2 aromatic heterocycles. The zero-order chi connectivity index (χ0) is 17.1. The molecule has 0 unspecified atom stereocenters. The smallest absolute Gasteiger partial charge is 0.316 e. The second-order valence-electron chi connectivity index (χ2n) is 6.18. The Labute approximate surface area is 141 Å². The lowest BCUT2D eigenvalue weighted by Crippen LogP contribution is -2.41. The van der Waals surface area contributed by atoms with Gasteiger partial charge in [-0.1, -0.05) is 0 Å². The number of likely N-dealkylation sites (N-methyl/N-ethyl adjacent to an activating group) is 1. The fourth-order valence-corrected chi connectivity index (χ4v) is 2.65. The molecule has 1 aliphatic heterocycles. The third-order valence-corrected chi connectivity index (χ3v) is 3.93. The summed E-state index contributed by atoms with van der Waals surface area (Å²) < 4.78 is 7.88. The van der Waals surface area contributed by atoms with Crippen molar-refractivity contribution in [1.82, 2.24) is 29.5 Å². The Bertz CT molecular complexity index is 714. The molecule has 8 nitrogen and oxygen atoms in total. The van der Waals surface area contributed by atoms with Crippen LogP contribution in [0.25, 0.3) is 0 Å². The van der Waals surface area contributed by atoms with Crippen molar-refractivity contribution in [3.05, 3.63) is 35.9 Å². The van der Waals surface area contributed by atoms with Crippen LogP contribution in [0.3, 0.4) is 0 Å². The highest BCUT2D eigenvalue weighted by Crippen LogP contribution is 2.15. The van der Waals surface area contributed by atoms with Crippen molar-refractivity contribution in [2.45, 2.75) is 26.1 Å². The summed E-state index contributed by atoms with van der Waals surface area (Å²) >= 11 is 0. The van der Waals surface area contributed by atoms with Gasteiger partial charge in [0.05, 0.1) is 18.8 Å². The van der Waals surface area contributed by atoms with Crippen LogP contribution in [-0.4, -0.2) is 68.7 Å². The zero-order valence-corrected chi connectivity index (χ0v) is 14.2. The summed E-state index contributed by atoms with van der Waals surface area (Å²) in [6.45, 7) is 4.11. The molecule has 2 aromatic rings. The van der Waals surface area contributed by atoms with E-state index in [2.05, 4.69) is 20.0 Å². The molecule has 0 N–H and O–H groups in total. The number of aromatic nitrogens is 4. The minimum absolute atomic E-state index is 0.0634. The first kappa shape index (κ1) is 16.4. The van der Waals surface area contributed by atoms with Crippen molar-refractivity contribution in [3.63, 3.8) is 0 Å². The molecule has 0 saturated heterocycles. The molecule has 0 saturated carbocycles. The van der Waals surface area contributed by atoms with Gasteiger partial charge in [0.15, 0.2) is 0 Å². The van der Waals surface area contributed by atoms with Gasteiger partial charge in [-0.3, -0.25) is 14.4 Å². The number of amides is 1. The second kappa shape index (κ2) is 6.96. The standard InChI is InChI=1S/C16H22N6O2/c1-12-4-6-17-16(19-12)24-14-9-21(11-15(23)20(2)3)8-13-5-7-18-22(13)10-14/h4-7,14H,8-11H2,1-3H3/t14-/m1/s1. The van der Waals surface area contributed by atoms with Crippen molar-refractivity contribution >= 4 is 5.91 Å². The van der Waals surface area contributed by atoms with E-state index in [1.165, 1.54) is 0 Å². The third-order valence-electron chi connectivity index (χ3n) is 3.93. The summed E-state index contributed by atoms with van der Waals surface area (Å²) in [7, 11) is 3.53. The fraction of sp³-hybridized carbons (Fsp3) is 0.500. The molecule has 128 valence electrons. The summed E-state index contributed by atoms with van der Waals surface area (Å²) in [5.74, 6) is 0.0634. The van der Waals surface area contributed by atoms with Gasteiger partial charge >= 0.3 is 6.01 Å². The predicted octanol–water partition coefficient (Wildman–Crippen LogP) is 0.333. The first-order chi connectivity index (χ1) is 11.5. The van der Waals surface area contributed by atoms with Crippen LogP contribution >= 0.6 is 0 Å². The van der Waals surface area contributed by atoms with Crippen LogP contribution in [0.1, 0.15) is 11.4 Å². The van der Waals surface area contributed by atoms with Gasteiger partial charge in [0.25, 0.3) is 0 Å². The number of carbonyl (C=O) groups excluding carboxylic acids is 1. The molecule has 0 aliphatic carbocycles. The van der Waals surface area contributed by atoms with Crippen LogP contribution in [-0.2, 0) is 17.9 Å². The Morgan fingerprint density at radius 2 is 2.17 bits per heavy atom. The lowest BCUT2D eigenvalue weighted by atomic mass is 10.3. The number of nitrogens with zero attached hydrogens (tertiary/aromatic N) is 6. The minimum Gasteiger partial charge on any atom is -0.457 e. The first-order valence-corrected chi connectivity index (χ1v) is 7.91. The number of hydrogen-bond donors (Lipinski definition) is 0. The average molecular weight is 330 g/mol. The normalized spacial score (nSPS) is 17.9. The highest BCUT2D eigenvalue weighted by molar-refractivity contribution is 5.77. The van der Waals surface area contributed by atoms with Gasteiger partial charge in [-0.05, 0) is 19.1 Å². The molecule has 3 heterocycles. The first-order valence-electron chi connectivity index (χ1n) is 7.91. The van der Waals surface area contributed by atoms with Crippen LogP contribution in [0.2, 0.25) is 0 Å². The summed E-state index contributed by atoms with van der Waals surface area (Å²) in [6.07, 6.45) is 3.27. The van der Waals surface area contributed by atoms with E-state index in [4.69, 9.17) is 4.74 Å². The van der Waals surface area contributed by atoms with Gasteiger partial charge in [-0.15, -0.1) is 0 Å². The van der Waals surface area contributed by atoms with Gasteiger partial charge in [0.1, 0.15) is 6.10 Å². The van der Waals surface area contributed by atoms with E-state index in [0.717, 1.165) is 11.4 Å². The quantitative estimate of drug-likeness (QED) is 0.804. The fourth-order valence-electron chi connectivity index (χ4n) is 2.65. The van der Waals surface area contributed by atoms with Crippen LogP contribution in [0, 0.1) is 6.92 Å². The Hall–Kier alpha value is -2.48. The van der Waals surface area contributed by atoms with Crippen molar-refractivity contribution in [1.29, 1.82) is 0 Å². The second-order valence-corrected chi connectivity index (χ2v) is 6.18. The summed E-state index contributed by atoms with van der Waals surface area (Å²) in [4.78, 5) is 24.2. The molecule has 8 heteroatoms. The Morgan fingerprint density at radius 3 is 2.92 bits per heavy atom. The van der Waals surface area contributed by atoms with E-state index < -0.39 is 0 Å². The van der Waals surface area contributed by atoms with E-state index in [-0.39, 0.29) is 12.0 Å². The van der Waals surface area contributed by atoms with Crippen LogP contribution in [0.5, 0.6) is 6.01 Å². The largest absolute Gasteiger partial charge is 0.457 e. The SMILES string of the molecule is Cc1ccnc(O[C@@H]2CN(CC(=O)N(C)C)Cc3ccnn3C2)n1. The lowest BCUT2D eigenvalue weighted by molar-refractivity contribution is -0.130. The number of fused-ring (bicyclic) bond motifs is 1. The maximum Gasteiger partial charge on any atom is 0.316 e. The maximum absolute atomic E-state index is 12.1. The molecular formula is C16H22N6O2. The molecule has 1 amide bonds. The Morgan fingerprint density at radius 1 is 1.33 bits per heavy atom. The number of hydrogen-bond acceptors (Lipinski definition) is 6. The van der Waals surface area contributed by atoms with Crippen molar-refractivity contribution < 1.29 is 9.53 Å². The van der Waals surface area contributed by atoms with Crippen LogP contribution < -0.4 is 4.74 Å². The van der Waals surface area contributed by atoms with Crippen LogP contribution in [0.15, 0.2) is 24.5 Å². The van der Waals surface area contributed by atoms with Gasteiger partial charge in [0, 0.05) is 45.3 Å². The van der Waals surface area contributed by atoms with E-state index in [1.54, 1.807) is 31.4 Å². The monoisotopic (exact) mass is 330 g/mol. The molecule has 1 atom stereocenters. The van der Waals surface area contributed by atoms with Crippen molar-refractivity contribution in [3.8, 4) is 6.01 Å². The molecule has 0 fully saturated rings. The number of ether oxygens (including phenoxy) is 1. The molecular weight excluding hydrogens is 308 g/mol. The molecule has 0 aromatic carbocycles. The van der Waals surface area contributed by atoms with Gasteiger partial charge < -0.3 is 9.64 Å². The summed E-state index contributed by atoms with van der Waals surface area (Å²) in [6, 6.07) is 4.15. The maximum atomic E-state index is 12.1. The van der Waals surface area contributed by atoms with Gasteiger partial charge in [-0.25, -0.2) is 9.97 Å². The van der Waals surface area contributed by atoms with E-state index >= 15 is 0 Å². The molecule has 0 radical (unpaired) electrons.